The minimum atomic E-state index is -1.09. The van der Waals surface area contributed by atoms with E-state index in [0.717, 1.165) is 22.6 Å². The summed E-state index contributed by atoms with van der Waals surface area (Å²) < 4.78 is 29.7. The molecule has 3 aromatic carbocycles. The first-order valence-electron chi connectivity index (χ1n) is 11.2. The van der Waals surface area contributed by atoms with Crippen molar-refractivity contribution in [2.75, 3.05) is 27.6 Å². The second kappa shape index (κ2) is 9.91. The molecule has 0 fully saturated rings. The molecule has 1 aliphatic rings. The Kier molecular flexibility index (Phi) is 6.36. The number of ether oxygens (including phenoxy) is 5. The van der Waals surface area contributed by atoms with Crippen molar-refractivity contribution in [3.8, 4) is 51.3 Å². The maximum atomic E-state index is 11.2. The van der Waals surface area contributed by atoms with Crippen molar-refractivity contribution in [3.63, 3.8) is 0 Å². The number of rotatable bonds is 9. The Hall–Kier alpha value is -4.66. The lowest BCUT2D eigenvalue weighted by atomic mass is 10.1. The van der Waals surface area contributed by atoms with E-state index in [-0.39, 0.29) is 6.79 Å². The van der Waals surface area contributed by atoms with Crippen LogP contribution in [0.3, 0.4) is 0 Å². The smallest absolute Gasteiger partial charge is 0.341 e. The highest BCUT2D eigenvalue weighted by Gasteiger charge is 2.23. The molecule has 9 nitrogen and oxygen atoms in total. The van der Waals surface area contributed by atoms with E-state index in [2.05, 4.69) is 0 Å². The molecule has 0 bridgehead atoms. The molecule has 0 saturated heterocycles. The van der Waals surface area contributed by atoms with Crippen LogP contribution in [0.5, 0.6) is 28.7 Å². The van der Waals surface area contributed by atoms with Crippen molar-refractivity contribution in [1.29, 1.82) is 0 Å². The summed E-state index contributed by atoms with van der Waals surface area (Å²) in [5, 5.41) is 14.1. The van der Waals surface area contributed by atoms with Crippen LogP contribution >= 0.6 is 0 Å². The van der Waals surface area contributed by atoms with Gasteiger partial charge >= 0.3 is 5.97 Å². The van der Waals surface area contributed by atoms with Crippen molar-refractivity contribution in [2.45, 2.75) is 6.54 Å². The molecule has 0 atom stereocenters. The molecule has 36 heavy (non-hydrogen) atoms. The topological polar surface area (TPSA) is 101 Å². The summed E-state index contributed by atoms with van der Waals surface area (Å²) >= 11 is 0. The van der Waals surface area contributed by atoms with Crippen LogP contribution in [-0.2, 0) is 11.3 Å². The highest BCUT2D eigenvalue weighted by Crippen LogP contribution is 2.43. The van der Waals surface area contributed by atoms with Gasteiger partial charge in [-0.15, -0.1) is 0 Å². The van der Waals surface area contributed by atoms with Crippen LogP contribution in [0.1, 0.15) is 5.56 Å². The fourth-order valence-corrected chi connectivity index (χ4v) is 4.12. The third-order valence-corrected chi connectivity index (χ3v) is 5.78. The average Bonchev–Trinajstić information content (AvgIpc) is 3.53. The van der Waals surface area contributed by atoms with Gasteiger partial charge in [0.1, 0.15) is 17.2 Å². The number of carboxylic acid groups (broad SMARTS) is 1. The third kappa shape index (κ3) is 4.50. The van der Waals surface area contributed by atoms with E-state index in [1.165, 1.54) is 0 Å². The zero-order chi connectivity index (χ0) is 25.1. The number of carbonyl (C=O) groups is 1. The second-order valence-corrected chi connectivity index (χ2v) is 7.97. The molecule has 0 aliphatic carbocycles. The zero-order valence-electron chi connectivity index (χ0n) is 19.8. The summed E-state index contributed by atoms with van der Waals surface area (Å²) in [5.74, 6) is 1.70. The highest BCUT2D eigenvalue weighted by molar-refractivity contribution is 5.78. The molecular formula is C27H24N2O7. The lowest BCUT2D eigenvalue weighted by molar-refractivity contribution is -0.139. The lowest BCUT2D eigenvalue weighted by Gasteiger charge is -2.13. The molecule has 2 heterocycles. The van der Waals surface area contributed by atoms with Gasteiger partial charge in [-0.2, -0.15) is 5.10 Å². The van der Waals surface area contributed by atoms with E-state index in [0.29, 0.717) is 40.8 Å². The fourth-order valence-electron chi connectivity index (χ4n) is 4.12. The number of hydrogen-bond acceptors (Lipinski definition) is 7. The number of para-hydroxylation sites is 2. The van der Waals surface area contributed by atoms with Gasteiger partial charge in [0.15, 0.2) is 18.1 Å². The van der Waals surface area contributed by atoms with Crippen molar-refractivity contribution < 1.29 is 33.6 Å². The molecular weight excluding hydrogens is 464 g/mol. The molecule has 1 aromatic heterocycles. The van der Waals surface area contributed by atoms with Gasteiger partial charge in [0, 0.05) is 22.8 Å². The molecule has 0 unspecified atom stereocenters. The minimum absolute atomic E-state index is 0.0753. The molecule has 184 valence electrons. The SMILES string of the molecule is COc1ccccc1Cn1nc(-c2cc3c(cc2OCC(=O)O)OCO3)cc1-c1ccccc1OC. The number of aromatic nitrogens is 2. The standard InChI is InChI=1S/C27H24N2O7/c1-32-22-9-5-3-7-17(22)14-29-21(18-8-4-6-10-23(18)33-2)12-20(28-29)19-11-25-26(36-16-35-25)13-24(19)34-15-27(30)31/h3-13H,14-16H2,1-2H3,(H,30,31). The largest absolute Gasteiger partial charge is 0.496 e. The quantitative estimate of drug-likeness (QED) is 0.368. The Balaban J connectivity index is 1.66. The number of hydrogen-bond donors (Lipinski definition) is 1. The van der Waals surface area contributed by atoms with Crippen LogP contribution in [0.25, 0.3) is 22.5 Å². The van der Waals surface area contributed by atoms with Crippen LogP contribution in [0, 0.1) is 0 Å². The van der Waals surface area contributed by atoms with Gasteiger partial charge in [0.05, 0.1) is 32.2 Å². The number of nitrogens with zero attached hydrogens (tertiary/aromatic N) is 2. The van der Waals surface area contributed by atoms with Crippen LogP contribution in [0.4, 0.5) is 0 Å². The molecule has 9 heteroatoms. The lowest BCUT2D eigenvalue weighted by Crippen LogP contribution is -2.10. The van der Waals surface area contributed by atoms with E-state index in [1.807, 2.05) is 59.3 Å². The predicted molar refractivity (Wildman–Crippen MR) is 131 cm³/mol. The van der Waals surface area contributed by atoms with Gasteiger partial charge in [-0.1, -0.05) is 30.3 Å². The molecule has 4 aromatic rings. The molecule has 5 rings (SSSR count). The van der Waals surface area contributed by atoms with Gasteiger partial charge in [0.2, 0.25) is 6.79 Å². The molecule has 1 aliphatic heterocycles. The van der Waals surface area contributed by atoms with Crippen molar-refractivity contribution in [1.82, 2.24) is 9.78 Å². The first kappa shape index (κ1) is 23.1. The van der Waals surface area contributed by atoms with Crippen LogP contribution in [0.15, 0.2) is 66.7 Å². The van der Waals surface area contributed by atoms with Crippen LogP contribution in [-0.4, -0.2) is 48.5 Å². The van der Waals surface area contributed by atoms with E-state index >= 15 is 0 Å². The molecule has 0 saturated carbocycles. The van der Waals surface area contributed by atoms with E-state index < -0.39 is 12.6 Å². The Labute approximate surface area is 207 Å². The maximum absolute atomic E-state index is 11.2. The monoisotopic (exact) mass is 488 g/mol. The summed E-state index contributed by atoms with van der Waals surface area (Å²) in [5.41, 5.74) is 3.75. The van der Waals surface area contributed by atoms with Gasteiger partial charge in [-0.3, -0.25) is 4.68 Å². The summed E-state index contributed by atoms with van der Waals surface area (Å²) in [4.78, 5) is 11.2. The van der Waals surface area contributed by atoms with Gasteiger partial charge in [0.25, 0.3) is 0 Å². The van der Waals surface area contributed by atoms with E-state index in [1.54, 1.807) is 26.4 Å². The number of methoxy groups -OCH3 is 2. The summed E-state index contributed by atoms with van der Waals surface area (Å²) in [6, 6.07) is 20.7. The summed E-state index contributed by atoms with van der Waals surface area (Å²) in [6.07, 6.45) is 0. The number of aliphatic carboxylic acids is 1. The number of carboxylic acids is 1. The third-order valence-electron chi connectivity index (χ3n) is 5.78. The summed E-state index contributed by atoms with van der Waals surface area (Å²) in [6.45, 7) is -0.00689. The molecule has 0 spiro atoms. The normalized spacial score (nSPS) is 11.8. The second-order valence-electron chi connectivity index (χ2n) is 7.97. The van der Waals surface area contributed by atoms with Crippen LogP contribution in [0.2, 0.25) is 0 Å². The predicted octanol–water partition coefficient (Wildman–Crippen LogP) is 4.47. The maximum Gasteiger partial charge on any atom is 0.341 e. The first-order chi connectivity index (χ1) is 17.6. The first-order valence-corrected chi connectivity index (χ1v) is 11.2. The molecule has 1 N–H and O–H groups in total. The van der Waals surface area contributed by atoms with Gasteiger partial charge < -0.3 is 28.8 Å². The Bertz CT molecular complexity index is 1410. The average molecular weight is 488 g/mol. The highest BCUT2D eigenvalue weighted by atomic mass is 16.7. The minimum Gasteiger partial charge on any atom is -0.496 e. The van der Waals surface area contributed by atoms with Gasteiger partial charge in [-0.25, -0.2) is 4.79 Å². The zero-order valence-corrected chi connectivity index (χ0v) is 19.8. The van der Waals surface area contributed by atoms with E-state index in [9.17, 15) is 9.90 Å². The van der Waals surface area contributed by atoms with Gasteiger partial charge in [-0.05, 0) is 30.3 Å². The Morgan fingerprint density at radius 1 is 0.917 bits per heavy atom. The Morgan fingerprint density at radius 2 is 1.61 bits per heavy atom. The van der Waals surface area contributed by atoms with Crippen LogP contribution < -0.4 is 23.7 Å². The van der Waals surface area contributed by atoms with Crippen molar-refractivity contribution >= 4 is 5.97 Å². The molecule has 0 radical (unpaired) electrons. The van der Waals surface area contributed by atoms with Crippen molar-refractivity contribution in [3.05, 3.63) is 72.3 Å². The molecule has 0 amide bonds. The fraction of sp³-hybridized carbons (Fsp3) is 0.185. The number of fused-ring (bicyclic) bond motifs is 1. The van der Waals surface area contributed by atoms with E-state index in [4.69, 9.17) is 28.8 Å². The summed E-state index contributed by atoms with van der Waals surface area (Å²) in [7, 11) is 3.25. The van der Waals surface area contributed by atoms with Crippen molar-refractivity contribution in [2.24, 2.45) is 0 Å². The Morgan fingerprint density at radius 3 is 2.36 bits per heavy atom. The number of benzene rings is 3.